The van der Waals surface area contributed by atoms with Gasteiger partial charge in [0, 0.05) is 16.0 Å². The van der Waals surface area contributed by atoms with E-state index in [1.807, 2.05) is 24.3 Å². The second-order valence-corrected chi connectivity index (χ2v) is 5.50. The van der Waals surface area contributed by atoms with E-state index in [4.69, 9.17) is 22.1 Å². The summed E-state index contributed by atoms with van der Waals surface area (Å²) in [6.07, 6.45) is 0. The van der Waals surface area contributed by atoms with Crippen LogP contribution in [-0.2, 0) is 9.53 Å². The summed E-state index contributed by atoms with van der Waals surface area (Å²) in [6, 6.07) is 16.0. The molecule has 2 N–H and O–H groups in total. The van der Waals surface area contributed by atoms with E-state index < -0.39 is 18.5 Å². The predicted molar refractivity (Wildman–Crippen MR) is 91.7 cm³/mol. The molecular formula is C18H13ClN2O3. The predicted octanol–water partition coefficient (Wildman–Crippen LogP) is 3.20. The Hall–Kier alpha value is -2.92. The van der Waals surface area contributed by atoms with Gasteiger partial charge in [0.2, 0.25) is 0 Å². The zero-order valence-electron chi connectivity index (χ0n) is 12.5. The van der Waals surface area contributed by atoms with Crippen molar-refractivity contribution in [3.63, 3.8) is 0 Å². The molecule has 120 valence electrons. The number of amides is 1. The van der Waals surface area contributed by atoms with Crippen LogP contribution in [0.1, 0.15) is 10.4 Å². The maximum atomic E-state index is 12.3. The first kappa shape index (κ1) is 16.0. The van der Waals surface area contributed by atoms with E-state index in [0.717, 1.165) is 0 Å². The lowest BCUT2D eigenvalue weighted by atomic mass is 10.0. The van der Waals surface area contributed by atoms with E-state index in [0.29, 0.717) is 32.7 Å². The Labute approximate surface area is 143 Å². The Bertz CT molecular complexity index is 940. The molecule has 0 spiro atoms. The summed E-state index contributed by atoms with van der Waals surface area (Å²) in [5.41, 5.74) is 7.20. The summed E-state index contributed by atoms with van der Waals surface area (Å²) in [6.45, 7) is -0.475. The number of hydrogen-bond donors (Lipinski definition) is 1. The SMILES string of the molecule is NC(=O)COC(=O)c1cc(-c2ccccc2Cl)nc2ccccc12. The second-order valence-electron chi connectivity index (χ2n) is 5.09. The van der Waals surface area contributed by atoms with E-state index >= 15 is 0 Å². The summed E-state index contributed by atoms with van der Waals surface area (Å²) in [5.74, 6) is -1.35. The van der Waals surface area contributed by atoms with Crippen molar-refractivity contribution in [3.8, 4) is 11.3 Å². The minimum absolute atomic E-state index is 0.303. The number of esters is 1. The van der Waals surface area contributed by atoms with Gasteiger partial charge in [0.25, 0.3) is 5.91 Å². The smallest absolute Gasteiger partial charge is 0.339 e. The highest BCUT2D eigenvalue weighted by Gasteiger charge is 2.16. The van der Waals surface area contributed by atoms with Gasteiger partial charge in [0.05, 0.1) is 16.8 Å². The number of benzene rings is 2. The molecular weight excluding hydrogens is 328 g/mol. The first-order valence-electron chi connectivity index (χ1n) is 7.16. The number of ether oxygens (including phenoxy) is 1. The largest absolute Gasteiger partial charge is 0.452 e. The number of primary amides is 1. The van der Waals surface area contributed by atoms with E-state index in [1.165, 1.54) is 0 Å². The van der Waals surface area contributed by atoms with Gasteiger partial charge in [-0.05, 0) is 18.2 Å². The van der Waals surface area contributed by atoms with Crippen molar-refractivity contribution < 1.29 is 14.3 Å². The van der Waals surface area contributed by atoms with Crippen LogP contribution in [0, 0.1) is 0 Å². The molecule has 2 aromatic carbocycles. The third-order valence-electron chi connectivity index (χ3n) is 3.43. The Morgan fingerprint density at radius 3 is 2.54 bits per heavy atom. The van der Waals surface area contributed by atoms with Crippen molar-refractivity contribution in [2.24, 2.45) is 5.73 Å². The highest BCUT2D eigenvalue weighted by Crippen LogP contribution is 2.29. The van der Waals surface area contributed by atoms with Crippen LogP contribution in [-0.4, -0.2) is 23.5 Å². The first-order valence-corrected chi connectivity index (χ1v) is 7.54. The van der Waals surface area contributed by atoms with Crippen LogP contribution in [0.2, 0.25) is 5.02 Å². The van der Waals surface area contributed by atoms with Gasteiger partial charge >= 0.3 is 5.97 Å². The molecule has 0 aliphatic rings. The summed E-state index contributed by atoms with van der Waals surface area (Å²) >= 11 is 6.23. The molecule has 0 unspecified atom stereocenters. The zero-order valence-corrected chi connectivity index (χ0v) is 13.3. The minimum Gasteiger partial charge on any atom is -0.452 e. The lowest BCUT2D eigenvalue weighted by Crippen LogP contribution is -2.21. The molecule has 0 aliphatic heterocycles. The quantitative estimate of drug-likeness (QED) is 0.739. The molecule has 0 fully saturated rings. The van der Waals surface area contributed by atoms with Gasteiger partial charge in [0.1, 0.15) is 0 Å². The van der Waals surface area contributed by atoms with E-state index in [2.05, 4.69) is 4.98 Å². The highest BCUT2D eigenvalue weighted by atomic mass is 35.5. The van der Waals surface area contributed by atoms with E-state index in [9.17, 15) is 9.59 Å². The van der Waals surface area contributed by atoms with Crippen LogP contribution >= 0.6 is 11.6 Å². The fraction of sp³-hybridized carbons (Fsp3) is 0.0556. The van der Waals surface area contributed by atoms with Crippen LogP contribution in [0.3, 0.4) is 0 Å². The standard InChI is InChI=1S/C18H13ClN2O3/c19-14-7-3-1-6-12(14)16-9-13(18(23)24-10-17(20)22)11-5-2-4-8-15(11)21-16/h1-9H,10H2,(H2,20,22). The van der Waals surface area contributed by atoms with Crippen molar-refractivity contribution in [2.45, 2.75) is 0 Å². The van der Waals surface area contributed by atoms with Gasteiger partial charge in [-0.25, -0.2) is 9.78 Å². The topological polar surface area (TPSA) is 82.3 Å². The molecule has 3 rings (SSSR count). The monoisotopic (exact) mass is 340 g/mol. The van der Waals surface area contributed by atoms with Crippen molar-refractivity contribution >= 4 is 34.4 Å². The molecule has 0 atom stereocenters. The van der Waals surface area contributed by atoms with Crippen molar-refractivity contribution in [2.75, 3.05) is 6.61 Å². The normalized spacial score (nSPS) is 10.5. The molecule has 0 bridgehead atoms. The highest BCUT2D eigenvalue weighted by molar-refractivity contribution is 6.33. The molecule has 24 heavy (non-hydrogen) atoms. The van der Waals surface area contributed by atoms with Gasteiger partial charge in [-0.1, -0.05) is 48.0 Å². The lowest BCUT2D eigenvalue weighted by molar-refractivity contribution is -0.121. The molecule has 6 heteroatoms. The van der Waals surface area contributed by atoms with E-state index in [1.54, 1.807) is 30.3 Å². The van der Waals surface area contributed by atoms with Gasteiger partial charge in [0.15, 0.2) is 6.61 Å². The fourth-order valence-corrected chi connectivity index (χ4v) is 2.60. The van der Waals surface area contributed by atoms with Crippen molar-refractivity contribution in [1.82, 2.24) is 4.98 Å². The number of halogens is 1. The van der Waals surface area contributed by atoms with Crippen LogP contribution in [0.5, 0.6) is 0 Å². The second kappa shape index (κ2) is 6.68. The summed E-state index contributed by atoms with van der Waals surface area (Å²) in [4.78, 5) is 27.7. The zero-order chi connectivity index (χ0) is 17.1. The van der Waals surface area contributed by atoms with Crippen molar-refractivity contribution in [1.29, 1.82) is 0 Å². The maximum Gasteiger partial charge on any atom is 0.339 e. The molecule has 0 aliphatic carbocycles. The number of hydrogen-bond acceptors (Lipinski definition) is 4. The van der Waals surface area contributed by atoms with Crippen molar-refractivity contribution in [3.05, 3.63) is 65.2 Å². The number of pyridine rings is 1. The molecule has 3 aromatic rings. The fourth-order valence-electron chi connectivity index (χ4n) is 2.37. The van der Waals surface area contributed by atoms with Crippen LogP contribution < -0.4 is 5.73 Å². The number of rotatable bonds is 4. The molecule has 0 saturated heterocycles. The number of fused-ring (bicyclic) bond motifs is 1. The third kappa shape index (κ3) is 3.21. The molecule has 1 aromatic heterocycles. The van der Waals surface area contributed by atoms with Crippen LogP contribution in [0.4, 0.5) is 0 Å². The number of nitrogens with zero attached hydrogens (tertiary/aromatic N) is 1. The van der Waals surface area contributed by atoms with Gasteiger partial charge < -0.3 is 10.5 Å². The number of para-hydroxylation sites is 1. The van der Waals surface area contributed by atoms with Crippen LogP contribution in [0.15, 0.2) is 54.6 Å². The molecule has 5 nitrogen and oxygen atoms in total. The van der Waals surface area contributed by atoms with Gasteiger partial charge in [-0.2, -0.15) is 0 Å². The van der Waals surface area contributed by atoms with Gasteiger partial charge in [-0.15, -0.1) is 0 Å². The Morgan fingerprint density at radius 2 is 1.79 bits per heavy atom. The third-order valence-corrected chi connectivity index (χ3v) is 3.76. The molecule has 0 saturated carbocycles. The molecule has 1 amide bonds. The lowest BCUT2D eigenvalue weighted by Gasteiger charge is -2.10. The molecule has 0 radical (unpaired) electrons. The summed E-state index contributed by atoms with van der Waals surface area (Å²) in [7, 11) is 0. The van der Waals surface area contributed by atoms with E-state index in [-0.39, 0.29) is 0 Å². The number of carbonyl (C=O) groups is 2. The average Bonchev–Trinajstić information content (AvgIpc) is 2.59. The Morgan fingerprint density at radius 1 is 1.08 bits per heavy atom. The summed E-state index contributed by atoms with van der Waals surface area (Å²) in [5, 5.41) is 1.15. The molecule has 1 heterocycles. The average molecular weight is 341 g/mol. The van der Waals surface area contributed by atoms with Gasteiger partial charge in [-0.3, -0.25) is 4.79 Å². The number of nitrogens with two attached hydrogens (primary N) is 1. The minimum atomic E-state index is -0.715. The Balaban J connectivity index is 2.15. The number of carbonyl (C=O) groups excluding carboxylic acids is 2. The Kier molecular flexibility index (Phi) is 4.44. The summed E-state index contributed by atoms with van der Waals surface area (Å²) < 4.78 is 4.94. The first-order chi connectivity index (χ1) is 11.6. The number of aromatic nitrogens is 1. The van der Waals surface area contributed by atoms with Crippen LogP contribution in [0.25, 0.3) is 22.2 Å². The maximum absolute atomic E-state index is 12.3.